The van der Waals surface area contributed by atoms with Crippen molar-refractivity contribution in [1.29, 1.82) is 0 Å². The molecule has 0 spiro atoms. The summed E-state index contributed by atoms with van der Waals surface area (Å²) in [7, 11) is -1.93. The Bertz CT molecular complexity index is 2090. The van der Waals surface area contributed by atoms with Crippen LogP contribution in [0.25, 0.3) is 45.1 Å². The number of hydrogen-bond acceptors (Lipinski definition) is 9. The van der Waals surface area contributed by atoms with E-state index in [0.29, 0.717) is 39.4 Å². The highest BCUT2D eigenvalue weighted by molar-refractivity contribution is 7.90. The second kappa shape index (κ2) is 9.82. The van der Waals surface area contributed by atoms with E-state index in [0.717, 1.165) is 17.4 Å². The van der Waals surface area contributed by atoms with E-state index in [2.05, 4.69) is 25.1 Å². The molecule has 0 saturated carbocycles. The van der Waals surface area contributed by atoms with Crippen molar-refractivity contribution >= 4 is 20.7 Å². The average molecular weight is 569 g/mol. The van der Waals surface area contributed by atoms with Crippen molar-refractivity contribution < 1.29 is 17.7 Å². The van der Waals surface area contributed by atoms with Gasteiger partial charge in [-0.3, -0.25) is 9.78 Å². The number of nitrogens with zero attached hydrogens (tertiary/aromatic N) is 5. The van der Waals surface area contributed by atoms with Crippen LogP contribution in [0.4, 0.5) is 0 Å². The highest BCUT2D eigenvalue weighted by atomic mass is 32.2. The van der Waals surface area contributed by atoms with Crippen molar-refractivity contribution in [2.45, 2.75) is 18.7 Å². The predicted octanol–water partition coefficient (Wildman–Crippen LogP) is 4.85. The number of nitrogens with one attached hydrogen (secondary N) is 1. The van der Waals surface area contributed by atoms with Crippen LogP contribution in [0.15, 0.2) is 81.5 Å². The number of hydrogen-bond donors (Lipinski definition) is 1. The molecule has 11 nitrogen and oxygen atoms in total. The van der Waals surface area contributed by atoms with E-state index in [-0.39, 0.29) is 27.7 Å². The van der Waals surface area contributed by atoms with Crippen LogP contribution in [-0.2, 0) is 16.9 Å². The molecule has 4 heterocycles. The topological polar surface area (TPSA) is 146 Å². The van der Waals surface area contributed by atoms with Crippen LogP contribution >= 0.6 is 0 Å². The van der Waals surface area contributed by atoms with Crippen LogP contribution in [0.1, 0.15) is 11.1 Å². The Balaban J connectivity index is 1.56. The number of aryl methyl sites for hydroxylation is 3. The fourth-order valence-corrected chi connectivity index (χ4v) is 5.27. The summed E-state index contributed by atoms with van der Waals surface area (Å²) in [5, 5.41) is 4.52. The lowest BCUT2D eigenvalue weighted by molar-refractivity contribution is 0.431. The molecule has 0 atom stereocenters. The quantitative estimate of drug-likeness (QED) is 0.298. The van der Waals surface area contributed by atoms with E-state index in [1.165, 1.54) is 29.2 Å². The van der Waals surface area contributed by atoms with Gasteiger partial charge >= 0.3 is 0 Å². The summed E-state index contributed by atoms with van der Waals surface area (Å²) in [5.41, 5.74) is 3.74. The normalized spacial score (nSPS) is 11.7. The molecular weight excluding hydrogens is 544 g/mol. The lowest BCUT2D eigenvalue weighted by Crippen LogP contribution is -2.16. The number of benzene rings is 2. The molecule has 2 aromatic carbocycles. The predicted molar refractivity (Wildman–Crippen MR) is 152 cm³/mol. The lowest BCUT2D eigenvalue weighted by atomic mass is 10.0. The number of rotatable bonds is 6. The van der Waals surface area contributed by atoms with Gasteiger partial charge in [0.05, 0.1) is 11.1 Å². The minimum absolute atomic E-state index is 0.115. The summed E-state index contributed by atoms with van der Waals surface area (Å²) in [6.45, 7) is 3.88. The molecule has 0 saturated heterocycles. The highest BCUT2D eigenvalue weighted by Gasteiger charge is 2.22. The molecule has 1 N–H and O–H groups in total. The van der Waals surface area contributed by atoms with Gasteiger partial charge in [0.15, 0.2) is 9.84 Å². The summed E-state index contributed by atoms with van der Waals surface area (Å²) >= 11 is 0. The van der Waals surface area contributed by atoms with Gasteiger partial charge in [-0.25, -0.2) is 13.4 Å². The first-order chi connectivity index (χ1) is 19.6. The minimum Gasteiger partial charge on any atom is -0.456 e. The average Bonchev–Trinajstić information content (AvgIpc) is 3.61. The zero-order valence-corrected chi connectivity index (χ0v) is 23.4. The summed E-state index contributed by atoms with van der Waals surface area (Å²) in [6, 6.07) is 12.2. The first-order valence-electron chi connectivity index (χ1n) is 12.5. The van der Waals surface area contributed by atoms with Gasteiger partial charge in [0.1, 0.15) is 28.4 Å². The Labute approximate surface area is 234 Å². The maximum atomic E-state index is 13.2. The Hall–Kier alpha value is -5.10. The van der Waals surface area contributed by atoms with E-state index in [4.69, 9.17) is 9.26 Å². The molecule has 6 rings (SSSR count). The third-order valence-corrected chi connectivity index (χ3v) is 7.81. The van der Waals surface area contributed by atoms with Gasteiger partial charge in [0.2, 0.25) is 5.82 Å². The molecule has 0 fully saturated rings. The number of pyridine rings is 1. The second-order valence-electron chi connectivity index (χ2n) is 9.70. The number of H-pyrrole nitrogens is 1. The summed E-state index contributed by atoms with van der Waals surface area (Å²) in [5.74, 6) is 1.48. The van der Waals surface area contributed by atoms with Gasteiger partial charge in [0.25, 0.3) is 11.4 Å². The highest BCUT2D eigenvalue weighted by Crippen LogP contribution is 2.40. The molecular formula is C29H24N6O5S. The molecule has 206 valence electrons. The summed E-state index contributed by atoms with van der Waals surface area (Å²) in [6.07, 6.45) is 7.37. The summed E-state index contributed by atoms with van der Waals surface area (Å²) in [4.78, 5) is 29.0. The van der Waals surface area contributed by atoms with Crippen molar-refractivity contribution in [1.82, 2.24) is 29.7 Å². The van der Waals surface area contributed by atoms with Crippen molar-refractivity contribution in [3.8, 4) is 45.7 Å². The molecule has 0 unspecified atom stereocenters. The zero-order chi connectivity index (χ0) is 28.9. The minimum atomic E-state index is -3.55. The van der Waals surface area contributed by atoms with Gasteiger partial charge in [-0.2, -0.15) is 4.98 Å². The van der Waals surface area contributed by atoms with E-state index in [1.54, 1.807) is 31.4 Å². The standard InChI is InChI=1S/C29H24N6O5S/c1-16-6-5-7-17(2)26(16)39-24-9-8-18(41(4,37)38)12-19(24)21-15-35(3)29(36)25-20(21)13-22(32-25)28-33-27(34-40-28)23-14-30-10-11-31-23/h5-15,32H,1-4H3. The Morgan fingerprint density at radius 1 is 1.02 bits per heavy atom. The van der Waals surface area contributed by atoms with Gasteiger partial charge in [-0.1, -0.05) is 23.4 Å². The van der Waals surface area contributed by atoms with Crippen LogP contribution in [0.2, 0.25) is 0 Å². The fraction of sp³-hybridized carbons (Fsp3) is 0.138. The molecule has 12 heteroatoms. The molecule has 6 aromatic rings. The maximum absolute atomic E-state index is 13.2. The third kappa shape index (κ3) is 4.78. The molecule has 4 aromatic heterocycles. The van der Waals surface area contributed by atoms with Gasteiger partial charge < -0.3 is 18.8 Å². The van der Waals surface area contributed by atoms with E-state index >= 15 is 0 Å². The van der Waals surface area contributed by atoms with Gasteiger partial charge in [0, 0.05) is 48.4 Å². The third-order valence-electron chi connectivity index (χ3n) is 6.70. The van der Waals surface area contributed by atoms with Gasteiger partial charge in [-0.05, 0) is 49.2 Å². The first kappa shape index (κ1) is 26.1. The zero-order valence-electron chi connectivity index (χ0n) is 22.5. The Morgan fingerprint density at radius 3 is 2.51 bits per heavy atom. The molecule has 0 aliphatic carbocycles. The smallest absolute Gasteiger partial charge is 0.274 e. The Morgan fingerprint density at radius 2 is 1.80 bits per heavy atom. The SMILES string of the molecule is Cc1cccc(C)c1Oc1ccc(S(C)(=O)=O)cc1-c1cn(C)c(=O)c2[nH]c(-c3nc(-c4cnccn4)no3)cc12. The number of ether oxygens (including phenoxy) is 1. The number of aromatic amines is 1. The number of fused-ring (bicyclic) bond motifs is 1. The molecule has 0 aliphatic rings. The maximum Gasteiger partial charge on any atom is 0.274 e. The molecule has 0 bridgehead atoms. The Kier molecular flexibility index (Phi) is 6.26. The molecule has 0 aliphatic heterocycles. The molecule has 0 radical (unpaired) electrons. The fourth-order valence-electron chi connectivity index (χ4n) is 4.62. The number of aromatic nitrogens is 6. The van der Waals surface area contributed by atoms with Crippen LogP contribution in [0, 0.1) is 13.8 Å². The molecule has 41 heavy (non-hydrogen) atoms. The van der Waals surface area contributed by atoms with Crippen molar-refractivity contribution in [2.75, 3.05) is 6.26 Å². The lowest BCUT2D eigenvalue weighted by Gasteiger charge is -2.17. The number of sulfone groups is 1. The van der Waals surface area contributed by atoms with E-state index < -0.39 is 9.84 Å². The number of para-hydroxylation sites is 1. The van der Waals surface area contributed by atoms with Crippen molar-refractivity contribution in [3.05, 3.63) is 88.7 Å². The van der Waals surface area contributed by atoms with Crippen molar-refractivity contribution in [3.63, 3.8) is 0 Å². The van der Waals surface area contributed by atoms with Crippen LogP contribution in [0.5, 0.6) is 11.5 Å². The van der Waals surface area contributed by atoms with Gasteiger partial charge in [-0.15, -0.1) is 0 Å². The first-order valence-corrected chi connectivity index (χ1v) is 14.4. The second-order valence-corrected chi connectivity index (χ2v) is 11.7. The van der Waals surface area contributed by atoms with E-state index in [9.17, 15) is 13.2 Å². The molecule has 0 amide bonds. The van der Waals surface area contributed by atoms with Crippen LogP contribution in [0.3, 0.4) is 0 Å². The monoisotopic (exact) mass is 568 g/mol. The summed E-state index contributed by atoms with van der Waals surface area (Å²) < 4.78 is 38.4. The van der Waals surface area contributed by atoms with Crippen LogP contribution < -0.4 is 10.3 Å². The largest absolute Gasteiger partial charge is 0.456 e. The van der Waals surface area contributed by atoms with Crippen molar-refractivity contribution in [2.24, 2.45) is 7.05 Å². The van der Waals surface area contributed by atoms with Crippen LogP contribution in [-0.4, -0.2) is 44.3 Å². The van der Waals surface area contributed by atoms with E-state index in [1.807, 2.05) is 32.0 Å².